The number of carboxylic acid groups (broad SMARTS) is 2. The lowest BCUT2D eigenvalue weighted by Crippen LogP contribution is -2.26. The minimum Gasteiger partial charge on any atom is -0.481 e. The lowest BCUT2D eigenvalue weighted by molar-refractivity contribution is -0.139. The molecule has 0 aromatic rings. The Kier molecular flexibility index (Phi) is 6.64. The van der Waals surface area contributed by atoms with Gasteiger partial charge in [-0.15, -0.1) is 0 Å². The first-order valence-corrected chi connectivity index (χ1v) is 3.95. The highest BCUT2D eigenvalue weighted by Crippen LogP contribution is 1.95. The summed E-state index contributed by atoms with van der Waals surface area (Å²) in [5, 5.41) is 16.1. The molecule has 0 atom stereocenters. The second-order valence-corrected chi connectivity index (χ2v) is 3.85. The van der Waals surface area contributed by atoms with Crippen LogP contribution in [0.1, 0.15) is 27.2 Å². The fourth-order valence-electron chi connectivity index (χ4n) is 0.258. The fourth-order valence-corrected chi connectivity index (χ4v) is 0.258. The molecule has 4 N–H and O–H groups in total. The summed E-state index contributed by atoms with van der Waals surface area (Å²) in [6, 6.07) is 0. The van der Waals surface area contributed by atoms with Crippen LogP contribution in [-0.2, 0) is 9.59 Å². The molecule has 82 valence electrons. The Hall–Kier alpha value is -1.36. The third-order valence-electron chi connectivity index (χ3n) is 0.667. The van der Waals surface area contributed by atoms with Crippen molar-refractivity contribution in [1.29, 1.82) is 0 Å². The lowest BCUT2D eigenvalue weighted by Gasteiger charge is -2.06. The maximum Gasteiger partial charge on any atom is 0.331 e. The molecule has 0 spiro atoms. The third-order valence-corrected chi connectivity index (χ3v) is 0.667. The van der Waals surface area contributed by atoms with Crippen molar-refractivity contribution < 1.29 is 19.8 Å². The minimum atomic E-state index is -1.27. The van der Waals surface area contributed by atoms with Gasteiger partial charge in [0.2, 0.25) is 0 Å². The van der Waals surface area contributed by atoms with E-state index in [-0.39, 0.29) is 11.1 Å². The highest BCUT2D eigenvalue weighted by Gasteiger charge is 2.07. The maximum atomic E-state index is 9.87. The quantitative estimate of drug-likeness (QED) is 0.590. The molecule has 0 fully saturated rings. The number of rotatable bonds is 3. The summed E-state index contributed by atoms with van der Waals surface area (Å²) in [7, 11) is 0. The standard InChI is InChI=1S/C5H6O4.C4H11N/c1-3(5(8)9)2-4(6)7;1-4(2,3)5/h1-2H2,(H,6,7)(H,8,9);5H2,1-3H3. The summed E-state index contributed by atoms with van der Waals surface area (Å²) in [5.41, 5.74) is 5.05. The van der Waals surface area contributed by atoms with Crippen molar-refractivity contribution >= 4 is 11.9 Å². The predicted octanol–water partition coefficient (Wildman–Crippen LogP) is 0.845. The molecule has 5 heteroatoms. The van der Waals surface area contributed by atoms with Gasteiger partial charge in [0.05, 0.1) is 6.42 Å². The van der Waals surface area contributed by atoms with Crippen LogP contribution in [0.3, 0.4) is 0 Å². The molecular weight excluding hydrogens is 186 g/mol. The predicted molar refractivity (Wildman–Crippen MR) is 53.0 cm³/mol. The SMILES string of the molecule is C=C(CC(=O)O)C(=O)O.CC(C)(C)N. The van der Waals surface area contributed by atoms with E-state index in [1.54, 1.807) is 0 Å². The van der Waals surface area contributed by atoms with Gasteiger partial charge in [0, 0.05) is 11.1 Å². The highest BCUT2D eigenvalue weighted by atomic mass is 16.4. The van der Waals surface area contributed by atoms with E-state index in [2.05, 4.69) is 6.58 Å². The number of aliphatic carboxylic acids is 2. The van der Waals surface area contributed by atoms with Gasteiger partial charge in [-0.1, -0.05) is 6.58 Å². The van der Waals surface area contributed by atoms with Gasteiger partial charge in [-0.05, 0) is 20.8 Å². The second kappa shape index (κ2) is 6.15. The van der Waals surface area contributed by atoms with E-state index in [1.807, 2.05) is 20.8 Å². The molecular formula is C9H17NO4. The van der Waals surface area contributed by atoms with Gasteiger partial charge in [-0.25, -0.2) is 4.79 Å². The molecule has 0 heterocycles. The zero-order valence-corrected chi connectivity index (χ0v) is 8.70. The van der Waals surface area contributed by atoms with Crippen molar-refractivity contribution in [3.8, 4) is 0 Å². The van der Waals surface area contributed by atoms with Crippen molar-refractivity contribution in [2.45, 2.75) is 32.7 Å². The van der Waals surface area contributed by atoms with E-state index in [0.29, 0.717) is 0 Å². The summed E-state index contributed by atoms with van der Waals surface area (Å²) in [6.07, 6.45) is -0.505. The van der Waals surface area contributed by atoms with Crippen molar-refractivity contribution in [2.24, 2.45) is 5.73 Å². The van der Waals surface area contributed by atoms with E-state index in [4.69, 9.17) is 15.9 Å². The number of carbonyl (C=O) groups is 2. The molecule has 0 aromatic carbocycles. The first kappa shape index (κ1) is 15.1. The molecule has 0 rings (SSSR count). The Morgan fingerprint density at radius 2 is 1.57 bits per heavy atom. The van der Waals surface area contributed by atoms with Gasteiger partial charge in [-0.3, -0.25) is 4.79 Å². The summed E-state index contributed by atoms with van der Waals surface area (Å²) >= 11 is 0. The van der Waals surface area contributed by atoms with E-state index in [9.17, 15) is 9.59 Å². The summed E-state index contributed by atoms with van der Waals surface area (Å²) in [5.74, 6) is -2.44. The molecule has 0 saturated heterocycles. The highest BCUT2D eigenvalue weighted by molar-refractivity contribution is 5.91. The molecule has 14 heavy (non-hydrogen) atoms. The Morgan fingerprint density at radius 1 is 1.29 bits per heavy atom. The van der Waals surface area contributed by atoms with E-state index >= 15 is 0 Å². The number of carboxylic acids is 2. The average molecular weight is 203 g/mol. The van der Waals surface area contributed by atoms with Crippen LogP contribution >= 0.6 is 0 Å². The van der Waals surface area contributed by atoms with Crippen molar-refractivity contribution in [3.05, 3.63) is 12.2 Å². The molecule has 0 bridgehead atoms. The first-order valence-electron chi connectivity index (χ1n) is 3.95. The van der Waals surface area contributed by atoms with Gasteiger partial charge >= 0.3 is 11.9 Å². The summed E-state index contributed by atoms with van der Waals surface area (Å²) < 4.78 is 0. The lowest BCUT2D eigenvalue weighted by atomic mass is 10.1. The zero-order valence-electron chi connectivity index (χ0n) is 8.70. The topological polar surface area (TPSA) is 101 Å². The van der Waals surface area contributed by atoms with E-state index in [0.717, 1.165) is 0 Å². The first-order chi connectivity index (χ1) is 6.04. The smallest absolute Gasteiger partial charge is 0.331 e. The van der Waals surface area contributed by atoms with E-state index in [1.165, 1.54) is 0 Å². The molecule has 0 saturated carbocycles. The Labute approximate surface area is 83.2 Å². The van der Waals surface area contributed by atoms with Crippen molar-refractivity contribution in [3.63, 3.8) is 0 Å². The van der Waals surface area contributed by atoms with Crippen LogP contribution in [0.5, 0.6) is 0 Å². The van der Waals surface area contributed by atoms with Crippen LogP contribution in [-0.4, -0.2) is 27.7 Å². The monoisotopic (exact) mass is 203 g/mol. The number of hydrogen-bond donors (Lipinski definition) is 3. The maximum absolute atomic E-state index is 9.87. The normalized spacial score (nSPS) is 9.71. The van der Waals surface area contributed by atoms with Crippen LogP contribution in [0.15, 0.2) is 12.2 Å². The zero-order chi connectivity index (χ0) is 11.9. The Balaban J connectivity index is 0. The molecule has 0 radical (unpaired) electrons. The molecule has 0 amide bonds. The fraction of sp³-hybridized carbons (Fsp3) is 0.556. The van der Waals surface area contributed by atoms with Crippen LogP contribution in [0.25, 0.3) is 0 Å². The van der Waals surface area contributed by atoms with Gasteiger partial charge in [-0.2, -0.15) is 0 Å². The Bertz CT molecular complexity index is 221. The summed E-state index contributed by atoms with van der Waals surface area (Å²) in [6.45, 7) is 8.91. The molecule has 0 unspecified atom stereocenters. The number of hydrogen-bond acceptors (Lipinski definition) is 3. The Morgan fingerprint density at radius 3 is 1.64 bits per heavy atom. The summed E-state index contributed by atoms with van der Waals surface area (Å²) in [4.78, 5) is 19.7. The average Bonchev–Trinajstić information content (AvgIpc) is 1.80. The van der Waals surface area contributed by atoms with Gasteiger partial charge in [0.1, 0.15) is 0 Å². The third kappa shape index (κ3) is 22.4. The molecule has 0 aliphatic rings. The van der Waals surface area contributed by atoms with Crippen molar-refractivity contribution in [1.82, 2.24) is 0 Å². The van der Waals surface area contributed by atoms with Crippen LogP contribution in [0.2, 0.25) is 0 Å². The second-order valence-electron chi connectivity index (χ2n) is 3.85. The van der Waals surface area contributed by atoms with Gasteiger partial charge < -0.3 is 15.9 Å². The van der Waals surface area contributed by atoms with Crippen molar-refractivity contribution in [2.75, 3.05) is 0 Å². The van der Waals surface area contributed by atoms with Gasteiger partial charge in [0.25, 0.3) is 0 Å². The molecule has 5 nitrogen and oxygen atoms in total. The molecule has 0 aliphatic carbocycles. The van der Waals surface area contributed by atoms with Crippen LogP contribution in [0, 0.1) is 0 Å². The molecule has 0 aromatic heterocycles. The largest absolute Gasteiger partial charge is 0.481 e. The van der Waals surface area contributed by atoms with Crippen LogP contribution < -0.4 is 5.73 Å². The molecule has 0 aliphatic heterocycles. The van der Waals surface area contributed by atoms with Crippen LogP contribution in [0.4, 0.5) is 0 Å². The van der Waals surface area contributed by atoms with E-state index < -0.39 is 18.4 Å². The number of nitrogens with two attached hydrogens (primary N) is 1. The van der Waals surface area contributed by atoms with Gasteiger partial charge in [0.15, 0.2) is 0 Å². The minimum absolute atomic E-state index is 0.